The van der Waals surface area contributed by atoms with E-state index < -0.39 is 11.2 Å². The van der Waals surface area contributed by atoms with E-state index in [1.165, 1.54) is 6.42 Å². The van der Waals surface area contributed by atoms with Gasteiger partial charge < -0.3 is 9.47 Å². The van der Waals surface area contributed by atoms with Crippen molar-refractivity contribution in [1.29, 1.82) is 0 Å². The van der Waals surface area contributed by atoms with Crippen molar-refractivity contribution >= 4 is 5.78 Å². The molecule has 6 aliphatic carbocycles. The number of hydrogen-bond donors (Lipinski definition) is 0. The first-order valence-electron chi connectivity index (χ1n) is 9.83. The summed E-state index contributed by atoms with van der Waals surface area (Å²) < 4.78 is 13.4. The molecule has 0 aromatic rings. The maximum absolute atomic E-state index is 13.7. The van der Waals surface area contributed by atoms with Crippen molar-refractivity contribution in [2.75, 3.05) is 13.2 Å². The van der Waals surface area contributed by atoms with E-state index in [2.05, 4.69) is 26.0 Å². The van der Waals surface area contributed by atoms with Crippen LogP contribution in [0.3, 0.4) is 0 Å². The van der Waals surface area contributed by atoms with Crippen molar-refractivity contribution < 1.29 is 24.0 Å². The van der Waals surface area contributed by atoms with E-state index in [0.717, 1.165) is 0 Å². The number of carbonyl (C=O) groups excluding carboxylic acids is 1. The van der Waals surface area contributed by atoms with Crippen molar-refractivity contribution in [3.8, 4) is 0 Å². The van der Waals surface area contributed by atoms with Crippen LogP contribution in [0.1, 0.15) is 20.3 Å². The van der Waals surface area contributed by atoms with Gasteiger partial charge in [0.05, 0.1) is 24.0 Å². The molecule has 0 amide bonds. The summed E-state index contributed by atoms with van der Waals surface area (Å²) in [6, 6.07) is 0. The number of ketones is 1. The first kappa shape index (κ1) is 13.4. The minimum absolute atomic E-state index is 0.0208. The number of ether oxygens (including phenoxy) is 2. The molecule has 3 spiro atoms. The summed E-state index contributed by atoms with van der Waals surface area (Å²) in [4.78, 5) is 25.3. The van der Waals surface area contributed by atoms with Gasteiger partial charge in [0.15, 0.2) is 5.79 Å². The molecule has 7 unspecified atom stereocenters. The zero-order valence-corrected chi connectivity index (χ0v) is 14.4. The zero-order chi connectivity index (χ0) is 16.6. The quantitative estimate of drug-likeness (QED) is 0.496. The van der Waals surface area contributed by atoms with Gasteiger partial charge >= 0.3 is 0 Å². The number of Topliss-reactive ketones (excluding diaryl/α,β-unsaturated/α-hetero) is 1. The molecular formula is C20H22O5. The van der Waals surface area contributed by atoms with E-state index in [-0.39, 0.29) is 34.9 Å². The highest BCUT2D eigenvalue weighted by atomic mass is 17.2. The van der Waals surface area contributed by atoms with Crippen LogP contribution in [0.25, 0.3) is 0 Å². The molecule has 2 saturated heterocycles. The van der Waals surface area contributed by atoms with Crippen LogP contribution in [0.5, 0.6) is 0 Å². The monoisotopic (exact) mass is 342 g/mol. The number of carbonyl (C=O) groups is 1. The molecule has 7 fully saturated rings. The van der Waals surface area contributed by atoms with Crippen LogP contribution in [0.15, 0.2) is 12.2 Å². The maximum atomic E-state index is 13.7. The molecule has 3 aliphatic heterocycles. The third kappa shape index (κ3) is 0.880. The van der Waals surface area contributed by atoms with Crippen LogP contribution < -0.4 is 0 Å². The number of hydrogen-bond acceptors (Lipinski definition) is 5. The van der Waals surface area contributed by atoms with Crippen LogP contribution in [-0.2, 0) is 24.0 Å². The number of rotatable bonds is 0. The van der Waals surface area contributed by atoms with Crippen LogP contribution in [0.4, 0.5) is 0 Å². The molecule has 4 bridgehead atoms. The van der Waals surface area contributed by atoms with Gasteiger partial charge in [-0.25, -0.2) is 9.78 Å². The predicted molar refractivity (Wildman–Crippen MR) is 82.7 cm³/mol. The summed E-state index contributed by atoms with van der Waals surface area (Å²) >= 11 is 0. The van der Waals surface area contributed by atoms with Crippen molar-refractivity contribution in [2.45, 2.75) is 38.3 Å². The van der Waals surface area contributed by atoms with Crippen LogP contribution in [0, 0.1) is 51.8 Å². The fourth-order valence-corrected chi connectivity index (χ4v) is 9.58. The lowest BCUT2D eigenvalue weighted by molar-refractivity contribution is -0.510. The van der Waals surface area contributed by atoms with Gasteiger partial charge in [0.25, 0.3) is 0 Å². The molecule has 0 aromatic carbocycles. The second kappa shape index (κ2) is 3.28. The van der Waals surface area contributed by atoms with E-state index in [9.17, 15) is 4.79 Å². The molecule has 0 aromatic heterocycles. The van der Waals surface area contributed by atoms with Crippen molar-refractivity contribution in [3.05, 3.63) is 12.2 Å². The van der Waals surface area contributed by atoms with E-state index >= 15 is 0 Å². The molecule has 3 heterocycles. The summed E-state index contributed by atoms with van der Waals surface area (Å²) in [5.74, 6) is 2.23. The molecule has 5 saturated carbocycles. The van der Waals surface area contributed by atoms with Gasteiger partial charge in [0.1, 0.15) is 18.0 Å². The van der Waals surface area contributed by atoms with Crippen LogP contribution in [0.2, 0.25) is 0 Å². The molecule has 5 heteroatoms. The normalized spacial score (nSPS) is 67.4. The van der Waals surface area contributed by atoms with Gasteiger partial charge in [-0.2, -0.15) is 0 Å². The van der Waals surface area contributed by atoms with Gasteiger partial charge in [-0.3, -0.25) is 4.79 Å². The average Bonchev–Trinajstić information content (AvgIpc) is 3.13. The minimum Gasteiger partial charge on any atom is -0.348 e. The van der Waals surface area contributed by atoms with Gasteiger partial charge in [-0.05, 0) is 30.1 Å². The van der Waals surface area contributed by atoms with Crippen LogP contribution >= 0.6 is 0 Å². The highest BCUT2D eigenvalue weighted by Crippen LogP contribution is 2.96. The summed E-state index contributed by atoms with van der Waals surface area (Å²) in [6.45, 7) is 5.77. The molecule has 5 nitrogen and oxygen atoms in total. The standard InChI is InChI=1S/C20H22O5/c1-17(2)6-22-20(23-7-17)13-9-5-8-12(13)16(21)18-10-3-4-11(25-24-10)19(18,20)15(9)14(8)18/h3-4,8-15H,5-7H2,1-2H3/t8-,9+,10+,11?,12?,13?,14?,15?,18?,19?/m1/s1. The van der Waals surface area contributed by atoms with Gasteiger partial charge in [-0.1, -0.05) is 26.0 Å². The summed E-state index contributed by atoms with van der Waals surface area (Å²) in [7, 11) is 0. The molecular weight excluding hydrogens is 320 g/mol. The van der Waals surface area contributed by atoms with Crippen molar-refractivity contribution in [1.82, 2.24) is 0 Å². The zero-order valence-electron chi connectivity index (χ0n) is 14.4. The Morgan fingerprint density at radius 2 is 1.68 bits per heavy atom. The molecule has 10 atom stereocenters. The topological polar surface area (TPSA) is 54.0 Å². The largest absolute Gasteiger partial charge is 0.348 e. The lowest BCUT2D eigenvalue weighted by Crippen LogP contribution is -2.85. The Morgan fingerprint density at radius 1 is 0.960 bits per heavy atom. The van der Waals surface area contributed by atoms with Gasteiger partial charge in [-0.15, -0.1) is 0 Å². The molecule has 0 radical (unpaired) electrons. The summed E-state index contributed by atoms with van der Waals surface area (Å²) in [5, 5.41) is 0. The lowest BCUT2D eigenvalue weighted by Gasteiger charge is -2.75. The third-order valence-corrected chi connectivity index (χ3v) is 9.60. The molecule has 25 heavy (non-hydrogen) atoms. The van der Waals surface area contributed by atoms with E-state index in [4.69, 9.17) is 19.2 Å². The Kier molecular flexibility index (Phi) is 1.76. The minimum atomic E-state index is -0.643. The van der Waals surface area contributed by atoms with Crippen LogP contribution in [-0.4, -0.2) is 37.0 Å². The highest BCUT2D eigenvalue weighted by Gasteiger charge is 3.04. The summed E-state index contributed by atoms with van der Waals surface area (Å²) in [5.41, 5.74) is -0.784. The van der Waals surface area contributed by atoms with Crippen molar-refractivity contribution in [3.63, 3.8) is 0 Å². The second-order valence-electron chi connectivity index (χ2n) is 10.6. The molecule has 0 N–H and O–H groups in total. The van der Waals surface area contributed by atoms with Crippen molar-refractivity contribution in [2.24, 2.45) is 51.8 Å². The molecule has 132 valence electrons. The third-order valence-electron chi connectivity index (χ3n) is 9.60. The lowest BCUT2D eigenvalue weighted by atomic mass is 9.33. The Balaban J connectivity index is 1.45. The van der Waals surface area contributed by atoms with Gasteiger partial charge in [0.2, 0.25) is 0 Å². The Hall–Kier alpha value is -0.750. The van der Waals surface area contributed by atoms with Gasteiger partial charge in [0, 0.05) is 17.3 Å². The highest BCUT2D eigenvalue weighted by molar-refractivity contribution is 5.98. The fraction of sp³-hybridized carbons (Fsp3) is 0.850. The van der Waals surface area contributed by atoms with E-state index in [1.807, 2.05) is 0 Å². The van der Waals surface area contributed by atoms with E-state index in [1.54, 1.807) is 0 Å². The number of fused-ring (bicyclic) bond motifs is 3. The maximum Gasteiger partial charge on any atom is 0.181 e. The molecule has 9 aliphatic rings. The predicted octanol–water partition coefficient (Wildman–Crippen LogP) is 1.72. The first-order valence-corrected chi connectivity index (χ1v) is 9.83. The first-order chi connectivity index (χ1) is 12.0. The average molecular weight is 342 g/mol. The van der Waals surface area contributed by atoms with E-state index in [0.29, 0.717) is 42.7 Å². The Labute approximate surface area is 145 Å². The Morgan fingerprint density at radius 3 is 2.40 bits per heavy atom. The Bertz CT molecular complexity index is 792. The SMILES string of the molecule is CC1(C)COC2(OC1)C1C3C(=O)C45C6C([C@H]1C[C@H]36)C24C1C=C[C@@H]5OO1. The second-order valence-corrected chi connectivity index (χ2v) is 10.6. The summed E-state index contributed by atoms with van der Waals surface area (Å²) in [6.07, 6.45) is 4.92. The molecule has 9 rings (SSSR count). The smallest absolute Gasteiger partial charge is 0.181 e. The fourth-order valence-electron chi connectivity index (χ4n) is 9.58.